The van der Waals surface area contributed by atoms with Gasteiger partial charge in [-0.1, -0.05) is 6.92 Å². The van der Waals surface area contributed by atoms with E-state index in [9.17, 15) is 9.90 Å². The normalized spacial score (nSPS) is 20.4. The van der Waals surface area contributed by atoms with Crippen LogP contribution in [0.15, 0.2) is 18.2 Å². The van der Waals surface area contributed by atoms with Gasteiger partial charge in [-0.15, -0.1) is 0 Å². The number of aromatic hydroxyl groups is 1. The summed E-state index contributed by atoms with van der Waals surface area (Å²) in [4.78, 5) is 12.1. The number of benzene rings is 1. The molecule has 110 valence electrons. The lowest BCUT2D eigenvalue weighted by Crippen LogP contribution is -2.34. The number of rotatable bonds is 4. The van der Waals surface area contributed by atoms with E-state index in [1.54, 1.807) is 18.2 Å². The molecule has 3 N–H and O–H groups in total. The Bertz CT molecular complexity index is 468. The predicted octanol–water partition coefficient (Wildman–Crippen LogP) is 2.66. The number of anilines is 1. The first-order valence-electron chi connectivity index (χ1n) is 7.36. The van der Waals surface area contributed by atoms with E-state index in [-0.39, 0.29) is 11.7 Å². The summed E-state index contributed by atoms with van der Waals surface area (Å²) in [5.74, 6) is 1.26. The van der Waals surface area contributed by atoms with E-state index in [1.807, 2.05) is 6.92 Å². The Kier molecular flexibility index (Phi) is 5.01. The molecule has 1 aromatic rings. The minimum absolute atomic E-state index is 0.0527. The molecule has 4 heteroatoms. The van der Waals surface area contributed by atoms with Crippen LogP contribution in [0.2, 0.25) is 0 Å². The van der Waals surface area contributed by atoms with Crippen molar-refractivity contribution in [2.24, 2.45) is 11.8 Å². The molecule has 0 spiro atoms. The fraction of sp³-hybridized carbons (Fsp3) is 0.562. The first-order valence-corrected chi connectivity index (χ1v) is 7.36. The van der Waals surface area contributed by atoms with Gasteiger partial charge >= 0.3 is 0 Å². The quantitative estimate of drug-likeness (QED) is 0.741. The van der Waals surface area contributed by atoms with E-state index in [0.717, 1.165) is 24.3 Å². The third kappa shape index (κ3) is 3.97. The Balaban J connectivity index is 1.88. The van der Waals surface area contributed by atoms with Crippen molar-refractivity contribution in [3.05, 3.63) is 23.8 Å². The maximum absolute atomic E-state index is 12.1. The summed E-state index contributed by atoms with van der Waals surface area (Å²) < 4.78 is 0. The van der Waals surface area contributed by atoms with Crippen LogP contribution >= 0.6 is 0 Å². The van der Waals surface area contributed by atoms with Gasteiger partial charge in [0.2, 0.25) is 5.91 Å². The van der Waals surface area contributed by atoms with Crippen molar-refractivity contribution >= 4 is 11.6 Å². The zero-order valence-corrected chi connectivity index (χ0v) is 12.3. The third-order valence-corrected chi connectivity index (χ3v) is 4.13. The molecule has 1 heterocycles. The van der Waals surface area contributed by atoms with Gasteiger partial charge in [0.1, 0.15) is 5.75 Å². The summed E-state index contributed by atoms with van der Waals surface area (Å²) >= 11 is 0. The van der Waals surface area contributed by atoms with Gasteiger partial charge in [-0.05, 0) is 68.5 Å². The molecule has 1 aliphatic rings. The van der Waals surface area contributed by atoms with Crippen molar-refractivity contribution in [3.63, 3.8) is 0 Å². The predicted molar refractivity (Wildman–Crippen MR) is 80.8 cm³/mol. The summed E-state index contributed by atoms with van der Waals surface area (Å²) in [7, 11) is 0. The molecule has 1 saturated heterocycles. The Labute approximate surface area is 120 Å². The van der Waals surface area contributed by atoms with Crippen LogP contribution in [0.3, 0.4) is 0 Å². The van der Waals surface area contributed by atoms with E-state index in [4.69, 9.17) is 0 Å². The minimum Gasteiger partial charge on any atom is -0.508 e. The lowest BCUT2D eigenvalue weighted by molar-refractivity contribution is -0.117. The highest BCUT2D eigenvalue weighted by atomic mass is 16.3. The van der Waals surface area contributed by atoms with Crippen molar-refractivity contribution in [3.8, 4) is 5.75 Å². The Morgan fingerprint density at radius 1 is 1.55 bits per heavy atom. The molecule has 4 nitrogen and oxygen atoms in total. The molecule has 1 aromatic carbocycles. The molecule has 2 unspecified atom stereocenters. The van der Waals surface area contributed by atoms with Gasteiger partial charge in [-0.25, -0.2) is 0 Å². The van der Waals surface area contributed by atoms with Gasteiger partial charge in [0, 0.05) is 12.1 Å². The molecule has 0 saturated carbocycles. The number of hydrogen-bond donors (Lipinski definition) is 3. The Morgan fingerprint density at radius 3 is 3.00 bits per heavy atom. The van der Waals surface area contributed by atoms with Crippen LogP contribution in [0.1, 0.15) is 31.7 Å². The molecular formula is C16H24N2O2. The summed E-state index contributed by atoms with van der Waals surface area (Å²) in [5, 5.41) is 15.7. The largest absolute Gasteiger partial charge is 0.508 e. The van der Waals surface area contributed by atoms with E-state index in [2.05, 4.69) is 17.6 Å². The monoisotopic (exact) mass is 276 g/mol. The second-order valence-electron chi connectivity index (χ2n) is 5.84. The van der Waals surface area contributed by atoms with Gasteiger partial charge in [-0.2, -0.15) is 0 Å². The fourth-order valence-electron chi connectivity index (χ4n) is 2.81. The van der Waals surface area contributed by atoms with E-state index < -0.39 is 0 Å². The highest BCUT2D eigenvalue weighted by molar-refractivity contribution is 5.91. The number of phenolic OH excluding ortho intramolecular Hbond substituents is 1. The van der Waals surface area contributed by atoms with Crippen LogP contribution in [0, 0.1) is 18.8 Å². The van der Waals surface area contributed by atoms with Gasteiger partial charge in [-0.3, -0.25) is 4.79 Å². The SMILES string of the molecule is Cc1cc(O)ccc1NC(=O)CC(C)C1CCCNC1. The molecule has 2 rings (SSSR count). The standard InChI is InChI=1S/C16H24N2O2/c1-11(13-4-3-7-17-10-13)9-16(20)18-15-6-5-14(19)8-12(15)2/h5-6,8,11,13,17,19H,3-4,7,9-10H2,1-2H3,(H,18,20). The number of amides is 1. The molecule has 1 amide bonds. The van der Waals surface area contributed by atoms with Gasteiger partial charge in [0.25, 0.3) is 0 Å². The number of carbonyl (C=O) groups excluding carboxylic acids is 1. The van der Waals surface area contributed by atoms with E-state index >= 15 is 0 Å². The van der Waals surface area contributed by atoms with Crippen LogP contribution in [0.5, 0.6) is 5.75 Å². The average Bonchev–Trinajstić information content (AvgIpc) is 2.43. The van der Waals surface area contributed by atoms with Crippen LogP contribution in [0.25, 0.3) is 0 Å². The van der Waals surface area contributed by atoms with Crippen molar-refractivity contribution < 1.29 is 9.90 Å². The third-order valence-electron chi connectivity index (χ3n) is 4.13. The summed E-state index contributed by atoms with van der Waals surface area (Å²) in [6, 6.07) is 5.00. The fourth-order valence-corrected chi connectivity index (χ4v) is 2.81. The first-order chi connectivity index (χ1) is 9.56. The van der Waals surface area contributed by atoms with Crippen LogP contribution in [0.4, 0.5) is 5.69 Å². The van der Waals surface area contributed by atoms with Crippen molar-refractivity contribution in [2.75, 3.05) is 18.4 Å². The van der Waals surface area contributed by atoms with E-state index in [1.165, 1.54) is 12.8 Å². The molecule has 1 aliphatic heterocycles. The molecule has 2 atom stereocenters. The Morgan fingerprint density at radius 2 is 2.35 bits per heavy atom. The maximum Gasteiger partial charge on any atom is 0.224 e. The summed E-state index contributed by atoms with van der Waals surface area (Å²) in [6.45, 7) is 6.15. The number of nitrogens with one attached hydrogen (secondary N) is 2. The molecule has 0 bridgehead atoms. The van der Waals surface area contributed by atoms with Gasteiger partial charge in [0.05, 0.1) is 0 Å². The zero-order chi connectivity index (χ0) is 14.5. The van der Waals surface area contributed by atoms with Crippen LogP contribution in [-0.4, -0.2) is 24.1 Å². The summed E-state index contributed by atoms with van der Waals surface area (Å²) in [6.07, 6.45) is 2.96. The number of piperidine rings is 1. The number of phenols is 1. The topological polar surface area (TPSA) is 61.4 Å². The van der Waals surface area contributed by atoms with Crippen LogP contribution in [-0.2, 0) is 4.79 Å². The second kappa shape index (κ2) is 6.75. The highest BCUT2D eigenvalue weighted by Gasteiger charge is 2.22. The van der Waals surface area contributed by atoms with E-state index in [0.29, 0.717) is 18.3 Å². The summed E-state index contributed by atoms with van der Waals surface area (Å²) in [5.41, 5.74) is 1.66. The lowest BCUT2D eigenvalue weighted by atomic mass is 9.85. The number of hydrogen-bond acceptors (Lipinski definition) is 3. The van der Waals surface area contributed by atoms with Crippen molar-refractivity contribution in [1.29, 1.82) is 0 Å². The number of aryl methyl sites for hydroxylation is 1. The molecule has 0 radical (unpaired) electrons. The molecule has 1 fully saturated rings. The minimum atomic E-state index is 0.0527. The smallest absolute Gasteiger partial charge is 0.224 e. The maximum atomic E-state index is 12.1. The Hall–Kier alpha value is -1.55. The first kappa shape index (κ1) is 14.9. The zero-order valence-electron chi connectivity index (χ0n) is 12.3. The molecule has 0 aliphatic carbocycles. The molecular weight excluding hydrogens is 252 g/mol. The second-order valence-corrected chi connectivity index (χ2v) is 5.84. The van der Waals surface area contributed by atoms with Gasteiger partial charge in [0.15, 0.2) is 0 Å². The van der Waals surface area contributed by atoms with Crippen LogP contribution < -0.4 is 10.6 Å². The van der Waals surface area contributed by atoms with Crippen molar-refractivity contribution in [1.82, 2.24) is 5.32 Å². The lowest BCUT2D eigenvalue weighted by Gasteiger charge is -2.28. The average molecular weight is 276 g/mol. The molecule has 20 heavy (non-hydrogen) atoms. The highest BCUT2D eigenvalue weighted by Crippen LogP contribution is 2.24. The molecule has 0 aromatic heterocycles. The van der Waals surface area contributed by atoms with Crippen molar-refractivity contribution in [2.45, 2.75) is 33.1 Å². The van der Waals surface area contributed by atoms with Gasteiger partial charge < -0.3 is 15.7 Å². The number of carbonyl (C=O) groups is 1.